The molecule has 0 bridgehead atoms. The molecule has 0 aromatic carbocycles. The summed E-state index contributed by atoms with van der Waals surface area (Å²) >= 11 is 5.74. The van der Waals surface area contributed by atoms with E-state index < -0.39 is 0 Å². The highest BCUT2D eigenvalue weighted by molar-refractivity contribution is 6.30. The van der Waals surface area contributed by atoms with E-state index >= 15 is 0 Å². The molecule has 1 rings (SSSR count). The Morgan fingerprint density at radius 3 is 2.75 bits per heavy atom. The maximum absolute atomic E-state index is 8.79. The number of imidazole rings is 1. The Morgan fingerprint density at radius 1 is 1.75 bits per heavy atom. The molecule has 1 atom stereocenters. The van der Waals surface area contributed by atoms with Gasteiger partial charge in [0.05, 0.1) is 18.1 Å². The standard InChI is InChI=1S/C7H9ClN4/c1-12(2)5(3-9)6-7(8)11-4-10-6/h4-5H,1-2H3,(H,10,11). The molecule has 4 nitrogen and oxygen atoms in total. The van der Waals surface area contributed by atoms with Crippen LogP contribution in [-0.2, 0) is 0 Å². The molecule has 1 N–H and O–H groups in total. The van der Waals surface area contributed by atoms with Crippen molar-refractivity contribution in [2.75, 3.05) is 14.1 Å². The highest BCUT2D eigenvalue weighted by Gasteiger charge is 2.17. The van der Waals surface area contributed by atoms with Crippen molar-refractivity contribution in [3.8, 4) is 6.07 Å². The van der Waals surface area contributed by atoms with Crippen LogP contribution in [0.3, 0.4) is 0 Å². The lowest BCUT2D eigenvalue weighted by molar-refractivity contribution is 0.353. The molecule has 0 spiro atoms. The summed E-state index contributed by atoms with van der Waals surface area (Å²) in [6, 6.07) is 1.75. The predicted octanol–water partition coefficient (Wildman–Crippen LogP) is 1.19. The van der Waals surface area contributed by atoms with Crippen molar-refractivity contribution in [3.05, 3.63) is 17.2 Å². The van der Waals surface area contributed by atoms with Gasteiger partial charge >= 0.3 is 0 Å². The fourth-order valence-corrected chi connectivity index (χ4v) is 1.12. The van der Waals surface area contributed by atoms with E-state index in [2.05, 4.69) is 16.0 Å². The van der Waals surface area contributed by atoms with Crippen LogP contribution in [0.1, 0.15) is 11.7 Å². The van der Waals surface area contributed by atoms with Gasteiger partial charge in [-0.15, -0.1) is 0 Å². The third-order valence-corrected chi connectivity index (χ3v) is 1.83. The van der Waals surface area contributed by atoms with Gasteiger partial charge < -0.3 is 4.98 Å². The van der Waals surface area contributed by atoms with E-state index in [1.807, 2.05) is 14.1 Å². The summed E-state index contributed by atoms with van der Waals surface area (Å²) in [4.78, 5) is 8.39. The molecule has 5 heteroatoms. The molecule has 0 aliphatic heterocycles. The average Bonchev–Trinajstić information content (AvgIpc) is 2.38. The molecule has 1 heterocycles. The number of halogens is 1. The summed E-state index contributed by atoms with van der Waals surface area (Å²) in [5.41, 5.74) is 0.643. The van der Waals surface area contributed by atoms with Crippen LogP contribution in [0.4, 0.5) is 0 Å². The van der Waals surface area contributed by atoms with Crippen LogP contribution in [0, 0.1) is 11.3 Å². The highest BCUT2D eigenvalue weighted by Crippen LogP contribution is 2.21. The molecule has 1 unspecified atom stereocenters. The van der Waals surface area contributed by atoms with E-state index in [1.165, 1.54) is 6.33 Å². The largest absolute Gasteiger partial charge is 0.345 e. The summed E-state index contributed by atoms with van der Waals surface area (Å²) in [7, 11) is 3.62. The summed E-state index contributed by atoms with van der Waals surface area (Å²) in [6.45, 7) is 0. The summed E-state index contributed by atoms with van der Waals surface area (Å²) < 4.78 is 0. The van der Waals surface area contributed by atoms with E-state index in [0.717, 1.165) is 0 Å². The van der Waals surface area contributed by atoms with Crippen LogP contribution in [0.5, 0.6) is 0 Å². The lowest BCUT2D eigenvalue weighted by Crippen LogP contribution is -2.18. The zero-order valence-electron chi connectivity index (χ0n) is 6.87. The van der Waals surface area contributed by atoms with Gasteiger partial charge in [-0.25, -0.2) is 4.98 Å². The maximum atomic E-state index is 8.79. The molecule has 1 aromatic heterocycles. The summed E-state index contributed by atoms with van der Waals surface area (Å²) in [5.74, 6) is 0. The number of hydrogen-bond donors (Lipinski definition) is 1. The lowest BCUT2D eigenvalue weighted by Gasteiger charge is -2.15. The number of H-pyrrole nitrogens is 1. The van der Waals surface area contributed by atoms with Crippen molar-refractivity contribution in [1.29, 1.82) is 5.26 Å². The van der Waals surface area contributed by atoms with E-state index in [9.17, 15) is 0 Å². The maximum Gasteiger partial charge on any atom is 0.152 e. The number of aromatic nitrogens is 2. The van der Waals surface area contributed by atoms with Crippen LogP contribution in [0.15, 0.2) is 6.33 Å². The average molecular weight is 185 g/mol. The first-order chi connectivity index (χ1) is 5.66. The van der Waals surface area contributed by atoms with Crippen LogP contribution in [-0.4, -0.2) is 29.0 Å². The second-order valence-electron chi connectivity index (χ2n) is 2.60. The first-order valence-electron chi connectivity index (χ1n) is 3.41. The topological polar surface area (TPSA) is 55.7 Å². The first-order valence-corrected chi connectivity index (χ1v) is 3.79. The normalized spacial score (nSPS) is 12.9. The van der Waals surface area contributed by atoms with Crippen molar-refractivity contribution in [2.45, 2.75) is 6.04 Å². The Balaban J connectivity index is 2.97. The molecule has 0 radical (unpaired) electrons. The monoisotopic (exact) mass is 184 g/mol. The molecule has 0 fully saturated rings. The van der Waals surface area contributed by atoms with Crippen molar-refractivity contribution < 1.29 is 0 Å². The Bertz CT molecular complexity index is 299. The molecular formula is C7H9ClN4. The number of nitrogens with zero attached hydrogens (tertiary/aromatic N) is 3. The highest BCUT2D eigenvalue weighted by atomic mass is 35.5. The van der Waals surface area contributed by atoms with Crippen LogP contribution in [0.2, 0.25) is 5.15 Å². The van der Waals surface area contributed by atoms with E-state index in [1.54, 1.807) is 4.90 Å². The van der Waals surface area contributed by atoms with Gasteiger partial charge in [0, 0.05) is 0 Å². The van der Waals surface area contributed by atoms with Gasteiger partial charge in [0.25, 0.3) is 0 Å². The SMILES string of the molecule is CN(C)C(C#N)c1[nH]cnc1Cl. The Labute approximate surface area is 75.8 Å². The van der Waals surface area contributed by atoms with Gasteiger partial charge in [-0.2, -0.15) is 5.26 Å². The predicted molar refractivity (Wildman–Crippen MR) is 45.6 cm³/mol. The smallest absolute Gasteiger partial charge is 0.152 e. The minimum Gasteiger partial charge on any atom is -0.345 e. The molecular weight excluding hydrogens is 176 g/mol. The minimum absolute atomic E-state index is 0.357. The third kappa shape index (κ3) is 1.58. The molecule has 0 saturated heterocycles. The Hall–Kier alpha value is -1.05. The van der Waals surface area contributed by atoms with Crippen LogP contribution >= 0.6 is 11.6 Å². The van der Waals surface area contributed by atoms with Crippen LogP contribution in [0.25, 0.3) is 0 Å². The Morgan fingerprint density at radius 2 is 2.42 bits per heavy atom. The zero-order valence-corrected chi connectivity index (χ0v) is 7.63. The molecule has 12 heavy (non-hydrogen) atoms. The molecule has 1 aromatic rings. The molecule has 64 valence electrons. The number of aromatic amines is 1. The van der Waals surface area contributed by atoms with Crippen molar-refractivity contribution in [1.82, 2.24) is 14.9 Å². The van der Waals surface area contributed by atoms with Crippen molar-refractivity contribution in [3.63, 3.8) is 0 Å². The second-order valence-corrected chi connectivity index (χ2v) is 2.96. The lowest BCUT2D eigenvalue weighted by atomic mass is 10.2. The molecule has 0 amide bonds. The van der Waals surface area contributed by atoms with Crippen molar-refractivity contribution >= 4 is 11.6 Å². The van der Waals surface area contributed by atoms with Crippen LogP contribution < -0.4 is 0 Å². The third-order valence-electron chi connectivity index (χ3n) is 1.53. The van der Waals surface area contributed by atoms with E-state index in [4.69, 9.17) is 16.9 Å². The number of hydrogen-bond acceptors (Lipinski definition) is 3. The fourth-order valence-electron chi connectivity index (χ4n) is 0.918. The fraction of sp³-hybridized carbons (Fsp3) is 0.429. The van der Waals surface area contributed by atoms with Gasteiger partial charge in [-0.3, -0.25) is 4.90 Å². The summed E-state index contributed by atoms with van der Waals surface area (Å²) in [5, 5.41) is 9.15. The van der Waals surface area contributed by atoms with Gasteiger partial charge in [0.1, 0.15) is 6.04 Å². The first kappa shape index (κ1) is 9.04. The van der Waals surface area contributed by atoms with Gasteiger partial charge in [0.15, 0.2) is 5.15 Å². The van der Waals surface area contributed by atoms with E-state index in [-0.39, 0.29) is 6.04 Å². The zero-order chi connectivity index (χ0) is 9.14. The Kier molecular flexibility index (Phi) is 2.69. The van der Waals surface area contributed by atoms with Gasteiger partial charge in [0.2, 0.25) is 0 Å². The second kappa shape index (κ2) is 3.57. The van der Waals surface area contributed by atoms with Gasteiger partial charge in [-0.1, -0.05) is 11.6 Å². The number of rotatable bonds is 2. The minimum atomic E-state index is -0.361. The number of nitriles is 1. The van der Waals surface area contributed by atoms with Crippen molar-refractivity contribution in [2.24, 2.45) is 0 Å². The number of nitrogens with one attached hydrogen (secondary N) is 1. The molecule has 0 aliphatic carbocycles. The van der Waals surface area contributed by atoms with Gasteiger partial charge in [-0.05, 0) is 14.1 Å². The summed E-state index contributed by atoms with van der Waals surface area (Å²) in [6.07, 6.45) is 1.48. The molecule has 0 aliphatic rings. The quantitative estimate of drug-likeness (QED) is 0.751. The van der Waals surface area contributed by atoms with E-state index in [0.29, 0.717) is 10.8 Å². The molecule has 0 saturated carbocycles.